The van der Waals surface area contributed by atoms with Gasteiger partial charge in [0.25, 0.3) is 11.4 Å². The Kier molecular flexibility index (Phi) is 5.10. The smallest absolute Gasteiger partial charge is 0.308 e. The van der Waals surface area contributed by atoms with Gasteiger partial charge in [-0.15, -0.1) is 5.10 Å². The second-order valence-electron chi connectivity index (χ2n) is 6.37. The van der Waals surface area contributed by atoms with Crippen molar-refractivity contribution in [2.24, 2.45) is 0 Å². The maximum atomic E-state index is 12.4. The van der Waals surface area contributed by atoms with Gasteiger partial charge in [-0.1, -0.05) is 46.8 Å². The second-order valence-corrected chi connectivity index (χ2v) is 6.37. The normalized spacial score (nSPS) is 10.9. The number of ether oxygens (including phenoxy) is 1. The van der Waals surface area contributed by atoms with Crippen LogP contribution in [0.15, 0.2) is 57.8 Å². The van der Waals surface area contributed by atoms with E-state index in [9.17, 15) is 9.59 Å². The van der Waals surface area contributed by atoms with E-state index in [1.807, 2.05) is 31.2 Å². The fourth-order valence-electron chi connectivity index (χ4n) is 2.83. The molecule has 0 aliphatic rings. The van der Waals surface area contributed by atoms with Crippen LogP contribution >= 0.6 is 0 Å². The molecular weight excluding hydrogens is 374 g/mol. The minimum absolute atomic E-state index is 0.0360. The Hall–Kier alpha value is -3.88. The van der Waals surface area contributed by atoms with Gasteiger partial charge >= 0.3 is 5.97 Å². The first kappa shape index (κ1) is 18.5. The molecule has 9 heteroatoms. The number of carbonyl (C=O) groups excluding carboxylic acids is 1. The number of hydrogen-bond donors (Lipinski definition) is 0. The van der Waals surface area contributed by atoms with Gasteiger partial charge in [0, 0.05) is 5.56 Å². The van der Waals surface area contributed by atoms with Crippen molar-refractivity contribution in [1.82, 2.24) is 25.1 Å². The molecule has 2 heterocycles. The monoisotopic (exact) mass is 391 g/mol. The van der Waals surface area contributed by atoms with Crippen molar-refractivity contribution in [1.29, 1.82) is 0 Å². The summed E-state index contributed by atoms with van der Waals surface area (Å²) in [4.78, 5) is 28.6. The number of nitrogens with zero attached hydrogens (tertiary/aromatic N) is 5. The molecule has 0 bridgehead atoms. The largest absolute Gasteiger partial charge is 0.455 e. The minimum atomic E-state index is -0.512. The van der Waals surface area contributed by atoms with Gasteiger partial charge < -0.3 is 9.26 Å². The molecule has 0 aliphatic carbocycles. The third-order valence-electron chi connectivity index (χ3n) is 4.37. The van der Waals surface area contributed by atoms with Crippen molar-refractivity contribution >= 4 is 16.9 Å². The maximum Gasteiger partial charge on any atom is 0.308 e. The molecule has 2 aromatic heterocycles. The summed E-state index contributed by atoms with van der Waals surface area (Å²) in [5, 5.41) is 12.2. The predicted octanol–water partition coefficient (Wildman–Crippen LogP) is 2.28. The second kappa shape index (κ2) is 8.01. The summed E-state index contributed by atoms with van der Waals surface area (Å²) in [6.07, 6.45) is -0.0360. The molecule has 29 heavy (non-hydrogen) atoms. The highest BCUT2D eigenvalue weighted by Crippen LogP contribution is 2.19. The van der Waals surface area contributed by atoms with Crippen LogP contribution in [0, 0.1) is 6.92 Å². The van der Waals surface area contributed by atoms with E-state index in [0.717, 1.165) is 15.8 Å². The molecule has 4 aromatic rings. The average molecular weight is 391 g/mol. The number of benzene rings is 2. The third kappa shape index (κ3) is 4.03. The first-order valence-corrected chi connectivity index (χ1v) is 8.98. The first-order chi connectivity index (χ1) is 14.1. The van der Waals surface area contributed by atoms with Crippen molar-refractivity contribution < 1.29 is 14.1 Å². The van der Waals surface area contributed by atoms with Crippen LogP contribution in [-0.4, -0.2) is 31.1 Å². The summed E-state index contributed by atoms with van der Waals surface area (Å²) in [6, 6.07) is 14.5. The van der Waals surface area contributed by atoms with E-state index in [1.165, 1.54) is 0 Å². The van der Waals surface area contributed by atoms with Crippen LogP contribution in [0.25, 0.3) is 22.3 Å². The van der Waals surface area contributed by atoms with Gasteiger partial charge in [0.1, 0.15) is 5.52 Å². The molecule has 0 spiro atoms. The molecule has 9 nitrogen and oxygen atoms in total. The topological polar surface area (TPSA) is 113 Å². The van der Waals surface area contributed by atoms with Gasteiger partial charge in [-0.05, 0) is 24.6 Å². The van der Waals surface area contributed by atoms with Crippen molar-refractivity contribution in [2.75, 3.05) is 0 Å². The minimum Gasteiger partial charge on any atom is -0.455 e. The molecule has 2 aromatic carbocycles. The van der Waals surface area contributed by atoms with Crippen molar-refractivity contribution in [3.05, 3.63) is 70.3 Å². The number of hydrogen-bond acceptors (Lipinski definition) is 8. The van der Waals surface area contributed by atoms with Crippen LogP contribution in [-0.2, 0) is 22.7 Å². The zero-order valence-electron chi connectivity index (χ0n) is 15.6. The zero-order chi connectivity index (χ0) is 20.2. The molecule has 0 radical (unpaired) electrons. The van der Waals surface area contributed by atoms with E-state index < -0.39 is 5.97 Å². The highest BCUT2D eigenvalue weighted by molar-refractivity contribution is 5.76. The van der Waals surface area contributed by atoms with Crippen LogP contribution in [0.5, 0.6) is 0 Å². The molecule has 0 saturated carbocycles. The fraction of sp³-hybridized carbons (Fsp3) is 0.200. The summed E-state index contributed by atoms with van der Waals surface area (Å²) in [5.41, 5.74) is 2.07. The molecule has 146 valence electrons. The summed E-state index contributed by atoms with van der Waals surface area (Å²) in [5.74, 6) is 0.119. The van der Waals surface area contributed by atoms with Crippen LogP contribution < -0.4 is 5.56 Å². The lowest BCUT2D eigenvalue weighted by atomic mass is 10.1. The Bertz CT molecular complexity index is 1230. The highest BCUT2D eigenvalue weighted by Gasteiger charge is 2.13. The molecule has 0 unspecified atom stereocenters. The molecule has 0 aliphatic heterocycles. The van der Waals surface area contributed by atoms with Crippen LogP contribution in [0.2, 0.25) is 0 Å². The zero-order valence-corrected chi connectivity index (χ0v) is 15.6. The standard InChI is InChI=1S/C20H17N5O4/c1-13-6-2-3-7-14(13)19-21-17(29-23-19)12-28-18(26)10-11-25-20(27)15-8-4-5-9-16(15)22-24-25/h2-9H,10-12H2,1H3. The van der Waals surface area contributed by atoms with Crippen molar-refractivity contribution in [3.8, 4) is 11.4 Å². The van der Waals surface area contributed by atoms with Crippen molar-refractivity contribution in [2.45, 2.75) is 26.5 Å². The van der Waals surface area contributed by atoms with Crippen LogP contribution in [0.4, 0.5) is 0 Å². The van der Waals surface area contributed by atoms with Gasteiger partial charge in [0.05, 0.1) is 18.4 Å². The Morgan fingerprint density at radius 3 is 2.79 bits per heavy atom. The van der Waals surface area contributed by atoms with Gasteiger partial charge in [-0.25, -0.2) is 4.68 Å². The van der Waals surface area contributed by atoms with E-state index in [-0.39, 0.29) is 31.0 Å². The summed E-state index contributed by atoms with van der Waals surface area (Å²) in [6.45, 7) is 1.87. The predicted molar refractivity (Wildman–Crippen MR) is 103 cm³/mol. The summed E-state index contributed by atoms with van der Waals surface area (Å²) < 4.78 is 11.4. The number of carbonyl (C=O) groups is 1. The molecule has 0 N–H and O–H groups in total. The van der Waals surface area contributed by atoms with E-state index in [4.69, 9.17) is 9.26 Å². The maximum absolute atomic E-state index is 12.4. The first-order valence-electron chi connectivity index (χ1n) is 8.98. The lowest BCUT2D eigenvalue weighted by molar-refractivity contribution is -0.146. The third-order valence-corrected chi connectivity index (χ3v) is 4.37. The number of fused-ring (bicyclic) bond motifs is 1. The molecule has 0 atom stereocenters. The summed E-state index contributed by atoms with van der Waals surface area (Å²) in [7, 11) is 0. The Labute approximate surface area is 164 Å². The molecule has 0 saturated heterocycles. The molecule has 4 rings (SSSR count). The van der Waals surface area contributed by atoms with Gasteiger partial charge in [0.2, 0.25) is 5.82 Å². The molecule has 0 fully saturated rings. The van der Waals surface area contributed by atoms with Crippen molar-refractivity contribution in [3.63, 3.8) is 0 Å². The fourth-order valence-corrected chi connectivity index (χ4v) is 2.83. The number of esters is 1. The van der Waals surface area contributed by atoms with Crippen LogP contribution in [0.3, 0.4) is 0 Å². The van der Waals surface area contributed by atoms with Crippen LogP contribution in [0.1, 0.15) is 17.9 Å². The number of rotatable bonds is 6. The SMILES string of the molecule is Cc1ccccc1-c1noc(COC(=O)CCn2nnc3ccccc3c2=O)n1. The average Bonchev–Trinajstić information content (AvgIpc) is 3.21. The van der Waals surface area contributed by atoms with Gasteiger partial charge in [0.15, 0.2) is 6.61 Å². The van der Waals surface area contributed by atoms with Gasteiger partial charge in [-0.3, -0.25) is 9.59 Å². The number of aromatic nitrogens is 5. The Morgan fingerprint density at radius 1 is 1.14 bits per heavy atom. The highest BCUT2D eigenvalue weighted by atomic mass is 16.6. The lowest BCUT2D eigenvalue weighted by Gasteiger charge is -2.04. The van der Waals surface area contributed by atoms with E-state index in [0.29, 0.717) is 16.7 Å². The molecule has 0 amide bonds. The van der Waals surface area contributed by atoms with E-state index in [1.54, 1.807) is 24.3 Å². The number of aryl methyl sites for hydroxylation is 2. The van der Waals surface area contributed by atoms with E-state index >= 15 is 0 Å². The quantitative estimate of drug-likeness (QED) is 0.460. The molecular formula is C20H17N5O4. The van der Waals surface area contributed by atoms with Gasteiger partial charge in [-0.2, -0.15) is 4.98 Å². The summed E-state index contributed by atoms with van der Waals surface area (Å²) >= 11 is 0. The Morgan fingerprint density at radius 2 is 1.93 bits per heavy atom. The Balaban J connectivity index is 1.35. The van der Waals surface area contributed by atoms with E-state index in [2.05, 4.69) is 20.5 Å². The lowest BCUT2D eigenvalue weighted by Crippen LogP contribution is -2.25.